The maximum absolute atomic E-state index is 12.2. The monoisotopic (exact) mass is 435 g/mol. The van der Waals surface area contributed by atoms with Gasteiger partial charge in [-0.3, -0.25) is 9.48 Å². The van der Waals surface area contributed by atoms with Crippen LogP contribution in [0.25, 0.3) is 0 Å². The number of hydrogen-bond acceptors (Lipinski definition) is 4. The molecule has 2 aromatic heterocycles. The normalized spacial score (nSPS) is 10.9. The molecule has 2 heterocycles. The molecule has 0 saturated carbocycles. The lowest BCUT2D eigenvalue weighted by Crippen LogP contribution is -2.26. The van der Waals surface area contributed by atoms with Gasteiger partial charge in [0.25, 0.3) is 5.91 Å². The molecule has 0 fully saturated rings. The van der Waals surface area contributed by atoms with E-state index in [1.165, 1.54) is 0 Å². The van der Waals surface area contributed by atoms with Crippen LogP contribution in [0.1, 0.15) is 33.7 Å². The zero-order valence-electron chi connectivity index (χ0n) is 16.6. The topological polar surface area (TPSA) is 74.0 Å². The highest BCUT2D eigenvalue weighted by Crippen LogP contribution is 2.26. The smallest absolute Gasteiger partial charge is 0.271 e. The second-order valence-corrected chi connectivity index (χ2v) is 7.61. The van der Waals surface area contributed by atoms with Crippen molar-refractivity contribution in [3.8, 4) is 5.75 Å². The van der Waals surface area contributed by atoms with Gasteiger partial charge in [0.05, 0.1) is 10.7 Å². The van der Waals surface area contributed by atoms with E-state index in [9.17, 15) is 4.79 Å². The first-order chi connectivity index (χ1) is 13.8. The molecule has 3 rings (SSSR count). The molecule has 0 aliphatic heterocycles. The van der Waals surface area contributed by atoms with Crippen molar-refractivity contribution in [1.82, 2.24) is 24.9 Å². The molecule has 3 aromatic rings. The largest absolute Gasteiger partial charge is 0.471 e. The van der Waals surface area contributed by atoms with Gasteiger partial charge in [-0.15, -0.1) is 0 Å². The zero-order valence-corrected chi connectivity index (χ0v) is 18.1. The minimum Gasteiger partial charge on any atom is -0.471 e. The Morgan fingerprint density at radius 1 is 1.14 bits per heavy atom. The Kier molecular flexibility index (Phi) is 6.82. The molecule has 29 heavy (non-hydrogen) atoms. The van der Waals surface area contributed by atoms with Crippen LogP contribution in [0.5, 0.6) is 5.75 Å². The summed E-state index contributed by atoms with van der Waals surface area (Å²) in [7, 11) is 0. The van der Waals surface area contributed by atoms with Crippen molar-refractivity contribution >= 4 is 29.1 Å². The van der Waals surface area contributed by atoms with Crippen molar-refractivity contribution < 1.29 is 9.53 Å². The molecule has 1 aromatic carbocycles. The molecule has 0 unspecified atom stereocenters. The third-order valence-corrected chi connectivity index (χ3v) is 5.35. The Balaban J connectivity index is 1.45. The summed E-state index contributed by atoms with van der Waals surface area (Å²) in [5, 5.41) is 12.8. The number of ether oxygens (including phenoxy) is 1. The summed E-state index contributed by atoms with van der Waals surface area (Å²) in [5.41, 5.74) is 3.05. The van der Waals surface area contributed by atoms with Crippen molar-refractivity contribution in [1.29, 1.82) is 0 Å². The fourth-order valence-electron chi connectivity index (χ4n) is 2.83. The Labute approximate surface area is 179 Å². The number of nitrogens with zero attached hydrogens (tertiary/aromatic N) is 4. The highest BCUT2D eigenvalue weighted by molar-refractivity contribution is 6.32. The van der Waals surface area contributed by atoms with Crippen LogP contribution in [0.15, 0.2) is 30.6 Å². The molecular weight excluding hydrogens is 413 g/mol. The predicted octanol–water partition coefficient (Wildman–Crippen LogP) is 4.17. The summed E-state index contributed by atoms with van der Waals surface area (Å²) < 4.78 is 9.10. The molecule has 1 amide bonds. The number of aryl methyl sites for hydroxylation is 4. The van der Waals surface area contributed by atoms with Gasteiger partial charge in [-0.1, -0.05) is 23.2 Å². The lowest BCUT2D eigenvalue weighted by molar-refractivity contribution is 0.0945. The summed E-state index contributed by atoms with van der Waals surface area (Å²) in [6.07, 6.45) is 4.23. The van der Waals surface area contributed by atoms with Crippen molar-refractivity contribution in [2.45, 2.75) is 40.5 Å². The summed E-state index contributed by atoms with van der Waals surface area (Å²) in [6, 6.07) is 5.41. The van der Waals surface area contributed by atoms with Crippen LogP contribution in [-0.2, 0) is 13.3 Å². The number of benzene rings is 1. The Hall–Kier alpha value is -2.51. The van der Waals surface area contributed by atoms with E-state index >= 15 is 0 Å². The second kappa shape index (κ2) is 9.33. The van der Waals surface area contributed by atoms with E-state index in [-0.39, 0.29) is 12.6 Å². The number of hydrogen-bond donors (Lipinski definition) is 1. The molecule has 154 valence electrons. The van der Waals surface area contributed by atoms with E-state index < -0.39 is 0 Å². The van der Waals surface area contributed by atoms with Crippen LogP contribution in [0.2, 0.25) is 10.0 Å². The number of rotatable bonds is 8. The first kappa shape index (κ1) is 21.2. The van der Waals surface area contributed by atoms with Crippen molar-refractivity contribution in [3.05, 3.63) is 63.2 Å². The fraction of sp³-hybridized carbons (Fsp3) is 0.350. The number of carbonyl (C=O) groups excluding carboxylic acids is 1. The number of nitrogens with one attached hydrogen (secondary N) is 1. The number of carbonyl (C=O) groups is 1. The van der Waals surface area contributed by atoms with Crippen LogP contribution >= 0.6 is 23.2 Å². The van der Waals surface area contributed by atoms with E-state index in [1.54, 1.807) is 27.8 Å². The summed E-state index contributed by atoms with van der Waals surface area (Å²) in [6.45, 7) is 7.11. The Morgan fingerprint density at radius 2 is 1.86 bits per heavy atom. The van der Waals surface area contributed by atoms with Crippen molar-refractivity contribution in [3.63, 3.8) is 0 Å². The van der Waals surface area contributed by atoms with Crippen molar-refractivity contribution in [2.24, 2.45) is 0 Å². The van der Waals surface area contributed by atoms with E-state index in [0.29, 0.717) is 29.6 Å². The fourth-order valence-corrected chi connectivity index (χ4v) is 3.09. The van der Waals surface area contributed by atoms with E-state index in [1.807, 2.05) is 32.9 Å². The van der Waals surface area contributed by atoms with E-state index in [0.717, 1.165) is 28.3 Å². The molecule has 0 bridgehead atoms. The van der Waals surface area contributed by atoms with Gasteiger partial charge < -0.3 is 10.1 Å². The van der Waals surface area contributed by atoms with Gasteiger partial charge in [-0.25, -0.2) is 4.68 Å². The first-order valence-electron chi connectivity index (χ1n) is 9.24. The van der Waals surface area contributed by atoms with Crippen LogP contribution in [0.3, 0.4) is 0 Å². The third-order valence-electron chi connectivity index (χ3n) is 4.38. The lowest BCUT2D eigenvalue weighted by atomic mass is 10.1. The molecular formula is C20H23Cl2N5O2. The summed E-state index contributed by atoms with van der Waals surface area (Å²) in [4.78, 5) is 12.2. The lowest BCUT2D eigenvalue weighted by Gasteiger charge is -2.10. The number of halogens is 2. The van der Waals surface area contributed by atoms with E-state index in [4.69, 9.17) is 27.9 Å². The SMILES string of the molecule is Cc1cc(OCn2ccc(C(=O)NCCCn3cc(Cl)c(C)n3)n2)cc(C)c1Cl. The standard InChI is InChI=1S/C20H23Cl2N5O2/c1-13-9-16(10-14(2)19(13)22)29-12-27-8-5-18(25-27)20(28)23-6-4-7-26-11-17(21)15(3)24-26/h5,8-11H,4,6-7,12H2,1-3H3,(H,23,28). The van der Waals surface area contributed by atoms with Gasteiger partial charge in [-0.2, -0.15) is 10.2 Å². The van der Waals surface area contributed by atoms with Gasteiger partial charge in [0.2, 0.25) is 0 Å². The number of aromatic nitrogens is 4. The summed E-state index contributed by atoms with van der Waals surface area (Å²) in [5.74, 6) is 0.483. The van der Waals surface area contributed by atoms with Crippen LogP contribution < -0.4 is 10.1 Å². The van der Waals surface area contributed by atoms with Gasteiger partial charge in [0.15, 0.2) is 6.73 Å². The Bertz CT molecular complexity index is 970. The number of amides is 1. The first-order valence-corrected chi connectivity index (χ1v) is 10.00. The average molecular weight is 436 g/mol. The molecule has 0 radical (unpaired) electrons. The van der Waals surface area contributed by atoms with Crippen molar-refractivity contribution in [2.75, 3.05) is 6.54 Å². The molecule has 1 N–H and O–H groups in total. The van der Waals surface area contributed by atoms with Gasteiger partial charge in [0, 0.05) is 30.5 Å². The molecule has 7 nitrogen and oxygen atoms in total. The van der Waals surface area contributed by atoms with E-state index in [2.05, 4.69) is 15.5 Å². The summed E-state index contributed by atoms with van der Waals surface area (Å²) >= 11 is 12.2. The Morgan fingerprint density at radius 3 is 2.52 bits per heavy atom. The maximum atomic E-state index is 12.2. The predicted molar refractivity (Wildman–Crippen MR) is 113 cm³/mol. The van der Waals surface area contributed by atoms with Gasteiger partial charge in [0.1, 0.15) is 11.4 Å². The second-order valence-electron chi connectivity index (χ2n) is 6.82. The molecule has 0 atom stereocenters. The molecule has 0 spiro atoms. The molecule has 0 aliphatic carbocycles. The maximum Gasteiger partial charge on any atom is 0.271 e. The quantitative estimate of drug-likeness (QED) is 0.538. The van der Waals surface area contributed by atoms with Gasteiger partial charge >= 0.3 is 0 Å². The minimum atomic E-state index is -0.225. The van der Waals surface area contributed by atoms with Crippen LogP contribution in [-0.4, -0.2) is 32.0 Å². The molecule has 0 aliphatic rings. The van der Waals surface area contributed by atoms with Crippen LogP contribution in [0.4, 0.5) is 0 Å². The van der Waals surface area contributed by atoms with Gasteiger partial charge in [-0.05, 0) is 56.5 Å². The molecule has 0 saturated heterocycles. The highest BCUT2D eigenvalue weighted by atomic mass is 35.5. The third kappa shape index (κ3) is 5.52. The highest BCUT2D eigenvalue weighted by Gasteiger charge is 2.10. The molecule has 9 heteroatoms. The minimum absolute atomic E-state index is 0.202. The average Bonchev–Trinajstić information content (AvgIpc) is 3.28. The van der Waals surface area contributed by atoms with Crippen LogP contribution in [0, 0.1) is 20.8 Å². The zero-order chi connectivity index (χ0) is 21.0.